The van der Waals surface area contributed by atoms with Crippen LogP contribution in [0.1, 0.15) is 19.8 Å². The molecule has 1 fully saturated rings. The van der Waals surface area contributed by atoms with Gasteiger partial charge in [0.15, 0.2) is 0 Å². The zero-order chi connectivity index (χ0) is 6.69. The molecule has 1 aliphatic rings. The summed E-state index contributed by atoms with van der Waals surface area (Å²) in [6, 6.07) is 0. The molecule has 0 aliphatic carbocycles. The van der Waals surface area contributed by atoms with E-state index in [9.17, 15) is 0 Å². The van der Waals surface area contributed by atoms with Gasteiger partial charge < -0.3 is 5.32 Å². The lowest BCUT2D eigenvalue weighted by molar-refractivity contribution is 0.391. The highest BCUT2D eigenvalue weighted by molar-refractivity contribution is 14.1. The molecule has 9 heavy (non-hydrogen) atoms. The second-order valence-corrected chi connectivity index (χ2v) is 4.28. The molecule has 2 atom stereocenters. The first-order valence-corrected chi connectivity index (χ1v) is 4.94. The Labute approximate surface area is 70.7 Å². The zero-order valence-electron chi connectivity index (χ0n) is 5.86. The Balaban J connectivity index is 2.30. The van der Waals surface area contributed by atoms with E-state index in [1.54, 1.807) is 0 Å². The molecule has 2 heteroatoms. The first-order chi connectivity index (χ1) is 4.34. The number of nitrogens with one attached hydrogen (secondary N) is 1. The van der Waals surface area contributed by atoms with Crippen LogP contribution >= 0.6 is 22.6 Å². The van der Waals surface area contributed by atoms with Gasteiger partial charge in [-0.2, -0.15) is 0 Å². The monoisotopic (exact) mass is 239 g/mol. The van der Waals surface area contributed by atoms with E-state index in [0.717, 1.165) is 9.84 Å². The molecular formula is C7H14IN. The van der Waals surface area contributed by atoms with Gasteiger partial charge in [-0.05, 0) is 25.4 Å². The van der Waals surface area contributed by atoms with Crippen molar-refractivity contribution in [2.75, 3.05) is 13.1 Å². The number of hydrogen-bond acceptors (Lipinski definition) is 1. The first kappa shape index (κ1) is 7.79. The van der Waals surface area contributed by atoms with E-state index in [2.05, 4.69) is 34.8 Å². The molecule has 54 valence electrons. The van der Waals surface area contributed by atoms with Crippen LogP contribution in [0.2, 0.25) is 0 Å². The van der Waals surface area contributed by atoms with Crippen molar-refractivity contribution < 1.29 is 0 Å². The van der Waals surface area contributed by atoms with Crippen molar-refractivity contribution >= 4 is 22.6 Å². The summed E-state index contributed by atoms with van der Waals surface area (Å²) in [6.45, 7) is 4.75. The van der Waals surface area contributed by atoms with Crippen LogP contribution in [-0.4, -0.2) is 17.0 Å². The summed E-state index contributed by atoms with van der Waals surface area (Å²) < 4.78 is 0.925. The standard InChI is InChI=1S/C7H14IN/c1-2-6-5-9-4-3-7(6)8/h6-7,9H,2-5H2,1H3/t6-,7+/m1/s1. The molecule has 1 N–H and O–H groups in total. The van der Waals surface area contributed by atoms with E-state index < -0.39 is 0 Å². The van der Waals surface area contributed by atoms with Crippen molar-refractivity contribution in [2.45, 2.75) is 23.7 Å². The van der Waals surface area contributed by atoms with E-state index >= 15 is 0 Å². The maximum atomic E-state index is 3.41. The lowest BCUT2D eigenvalue weighted by Gasteiger charge is -2.26. The van der Waals surface area contributed by atoms with Gasteiger partial charge in [0.1, 0.15) is 0 Å². The highest BCUT2D eigenvalue weighted by Gasteiger charge is 2.19. The summed E-state index contributed by atoms with van der Waals surface area (Å²) in [4.78, 5) is 0. The Morgan fingerprint density at radius 2 is 2.44 bits per heavy atom. The largest absolute Gasteiger partial charge is 0.316 e. The molecule has 0 unspecified atom stereocenters. The van der Waals surface area contributed by atoms with E-state index in [-0.39, 0.29) is 0 Å². The minimum atomic E-state index is 0.925. The van der Waals surface area contributed by atoms with E-state index in [0.29, 0.717) is 0 Å². The Kier molecular flexibility index (Phi) is 3.26. The number of alkyl halides is 1. The molecule has 1 saturated heterocycles. The fourth-order valence-electron chi connectivity index (χ4n) is 1.29. The molecule has 1 heterocycles. The third kappa shape index (κ3) is 2.08. The summed E-state index contributed by atoms with van der Waals surface area (Å²) in [5.41, 5.74) is 0. The lowest BCUT2D eigenvalue weighted by atomic mass is 9.97. The molecule has 0 spiro atoms. The van der Waals surface area contributed by atoms with Gasteiger partial charge in [-0.25, -0.2) is 0 Å². The highest BCUT2D eigenvalue weighted by Crippen LogP contribution is 2.22. The van der Waals surface area contributed by atoms with Crippen molar-refractivity contribution in [3.8, 4) is 0 Å². The zero-order valence-corrected chi connectivity index (χ0v) is 8.02. The molecule has 0 aromatic carbocycles. The van der Waals surface area contributed by atoms with Gasteiger partial charge >= 0.3 is 0 Å². The normalized spacial score (nSPS) is 36.7. The maximum Gasteiger partial charge on any atom is 0.0162 e. The van der Waals surface area contributed by atoms with E-state index in [1.807, 2.05) is 0 Å². The van der Waals surface area contributed by atoms with Crippen LogP contribution in [0.25, 0.3) is 0 Å². The van der Waals surface area contributed by atoms with Crippen molar-refractivity contribution in [1.82, 2.24) is 5.32 Å². The summed E-state index contributed by atoms with van der Waals surface area (Å²) in [5.74, 6) is 0.930. The van der Waals surface area contributed by atoms with Gasteiger partial charge in [0, 0.05) is 3.92 Å². The van der Waals surface area contributed by atoms with Crippen molar-refractivity contribution in [3.05, 3.63) is 0 Å². The van der Waals surface area contributed by atoms with Crippen LogP contribution in [0.3, 0.4) is 0 Å². The average Bonchev–Trinajstić information content (AvgIpc) is 1.89. The number of rotatable bonds is 1. The molecule has 0 aromatic heterocycles. The topological polar surface area (TPSA) is 12.0 Å². The minimum Gasteiger partial charge on any atom is -0.316 e. The summed E-state index contributed by atoms with van der Waals surface area (Å²) in [7, 11) is 0. The molecule has 1 rings (SSSR count). The van der Waals surface area contributed by atoms with Gasteiger partial charge in [-0.3, -0.25) is 0 Å². The Morgan fingerprint density at radius 1 is 1.67 bits per heavy atom. The van der Waals surface area contributed by atoms with Crippen LogP contribution in [0.4, 0.5) is 0 Å². The molecule has 0 amide bonds. The van der Waals surface area contributed by atoms with Gasteiger partial charge in [0.05, 0.1) is 0 Å². The summed E-state index contributed by atoms with van der Waals surface area (Å²) in [6.07, 6.45) is 2.69. The lowest BCUT2D eigenvalue weighted by Crippen LogP contribution is -2.36. The van der Waals surface area contributed by atoms with Gasteiger partial charge in [-0.1, -0.05) is 35.9 Å². The van der Waals surface area contributed by atoms with Gasteiger partial charge in [0.25, 0.3) is 0 Å². The molecule has 0 aromatic rings. The predicted octanol–water partition coefficient (Wildman–Crippen LogP) is 1.81. The van der Waals surface area contributed by atoms with Crippen molar-refractivity contribution in [2.24, 2.45) is 5.92 Å². The van der Waals surface area contributed by atoms with E-state index in [1.165, 1.54) is 25.9 Å². The van der Waals surface area contributed by atoms with E-state index in [4.69, 9.17) is 0 Å². The number of halogens is 1. The van der Waals surface area contributed by atoms with Crippen LogP contribution < -0.4 is 5.32 Å². The Hall–Kier alpha value is 0.690. The SMILES string of the molecule is CC[C@@H]1CNCC[C@@H]1I. The van der Waals surface area contributed by atoms with Gasteiger partial charge in [-0.15, -0.1) is 0 Å². The highest BCUT2D eigenvalue weighted by atomic mass is 127. The van der Waals surface area contributed by atoms with Crippen molar-refractivity contribution in [3.63, 3.8) is 0 Å². The number of piperidine rings is 1. The Bertz CT molecular complexity index is 85.0. The minimum absolute atomic E-state index is 0.925. The quantitative estimate of drug-likeness (QED) is 0.543. The second kappa shape index (κ2) is 3.76. The second-order valence-electron chi connectivity index (χ2n) is 2.68. The average molecular weight is 239 g/mol. The van der Waals surface area contributed by atoms with Crippen molar-refractivity contribution in [1.29, 1.82) is 0 Å². The van der Waals surface area contributed by atoms with Crippen LogP contribution in [0.5, 0.6) is 0 Å². The van der Waals surface area contributed by atoms with Crippen LogP contribution in [-0.2, 0) is 0 Å². The number of hydrogen-bond donors (Lipinski definition) is 1. The third-order valence-electron chi connectivity index (χ3n) is 2.04. The van der Waals surface area contributed by atoms with Crippen LogP contribution in [0.15, 0.2) is 0 Å². The fraction of sp³-hybridized carbons (Fsp3) is 1.00. The maximum absolute atomic E-state index is 3.41. The molecule has 1 nitrogen and oxygen atoms in total. The molecule has 0 bridgehead atoms. The summed E-state index contributed by atoms with van der Waals surface area (Å²) in [5, 5.41) is 3.41. The molecular weight excluding hydrogens is 225 g/mol. The smallest absolute Gasteiger partial charge is 0.0162 e. The third-order valence-corrected chi connectivity index (χ3v) is 3.68. The first-order valence-electron chi connectivity index (χ1n) is 3.69. The Morgan fingerprint density at radius 3 is 2.89 bits per heavy atom. The fourth-order valence-corrected chi connectivity index (χ4v) is 2.37. The molecule has 1 aliphatic heterocycles. The summed E-state index contributed by atoms with van der Waals surface area (Å²) >= 11 is 2.58. The predicted molar refractivity (Wildman–Crippen MR) is 49.1 cm³/mol. The van der Waals surface area contributed by atoms with Gasteiger partial charge in [0.2, 0.25) is 0 Å². The molecule has 0 radical (unpaired) electrons. The van der Waals surface area contributed by atoms with Crippen LogP contribution in [0, 0.1) is 5.92 Å². The molecule has 0 saturated carbocycles.